The summed E-state index contributed by atoms with van der Waals surface area (Å²) in [6, 6.07) is 23.7. The van der Waals surface area contributed by atoms with Crippen molar-refractivity contribution in [1.82, 2.24) is 10.0 Å². The van der Waals surface area contributed by atoms with Gasteiger partial charge in [-0.25, -0.2) is 13.1 Å². The predicted molar refractivity (Wildman–Crippen MR) is 181 cm³/mol. The number of sulfonamides is 1. The van der Waals surface area contributed by atoms with E-state index in [0.717, 1.165) is 54.5 Å². The Morgan fingerprint density at radius 2 is 1.28 bits per heavy atom. The molecule has 1 aliphatic rings. The van der Waals surface area contributed by atoms with E-state index in [1.807, 2.05) is 48.5 Å². The van der Waals surface area contributed by atoms with Crippen molar-refractivity contribution in [3.8, 4) is 0 Å². The van der Waals surface area contributed by atoms with Crippen LogP contribution in [0.4, 0.5) is 0 Å². The zero-order chi connectivity index (χ0) is 31.0. The average molecular weight is 599 g/mol. The molecule has 3 aromatic rings. The SMILES string of the molecule is CC(C)c1cc(C(C)C)c(S(=O)(=O)NC(c2ccccc2)C(NCCCC2=CC=CCC2)c2ccccc2)c(C(C)C)c1. The smallest absolute Gasteiger partial charge is 0.241 e. The molecule has 4 nitrogen and oxygen atoms in total. The van der Waals surface area contributed by atoms with E-state index >= 15 is 0 Å². The van der Waals surface area contributed by atoms with Gasteiger partial charge in [0.25, 0.3) is 0 Å². The molecule has 5 heteroatoms. The average Bonchev–Trinajstić information content (AvgIpc) is 3.00. The van der Waals surface area contributed by atoms with Gasteiger partial charge in [-0.05, 0) is 77.8 Å². The number of allylic oxidation sites excluding steroid dienone is 4. The Hall–Kier alpha value is -2.99. The minimum atomic E-state index is -3.91. The molecule has 230 valence electrons. The summed E-state index contributed by atoms with van der Waals surface area (Å²) >= 11 is 0. The molecule has 4 rings (SSSR count). The Labute approximate surface area is 260 Å². The van der Waals surface area contributed by atoms with Crippen LogP contribution in [-0.2, 0) is 10.0 Å². The number of benzene rings is 3. The maximum absolute atomic E-state index is 14.7. The van der Waals surface area contributed by atoms with Crippen molar-refractivity contribution in [3.05, 3.63) is 124 Å². The molecule has 0 aromatic heterocycles. The van der Waals surface area contributed by atoms with E-state index in [0.29, 0.717) is 10.8 Å². The number of nitrogens with one attached hydrogen (secondary N) is 2. The molecule has 0 heterocycles. The highest BCUT2D eigenvalue weighted by Crippen LogP contribution is 2.37. The molecular weight excluding hydrogens is 548 g/mol. The van der Waals surface area contributed by atoms with Gasteiger partial charge < -0.3 is 5.32 Å². The monoisotopic (exact) mass is 598 g/mol. The third-order valence-corrected chi connectivity index (χ3v) is 9.99. The molecule has 0 amide bonds. The van der Waals surface area contributed by atoms with Crippen LogP contribution >= 0.6 is 0 Å². The van der Waals surface area contributed by atoms with E-state index in [1.165, 1.54) is 11.1 Å². The highest BCUT2D eigenvalue weighted by atomic mass is 32.2. The van der Waals surface area contributed by atoms with Crippen molar-refractivity contribution in [2.75, 3.05) is 6.54 Å². The predicted octanol–water partition coefficient (Wildman–Crippen LogP) is 9.46. The lowest BCUT2D eigenvalue weighted by molar-refractivity contribution is 0.419. The lowest BCUT2D eigenvalue weighted by Gasteiger charge is -2.31. The maximum atomic E-state index is 14.7. The van der Waals surface area contributed by atoms with Crippen LogP contribution in [0.5, 0.6) is 0 Å². The summed E-state index contributed by atoms with van der Waals surface area (Å²) in [5, 5.41) is 3.77. The third-order valence-electron chi connectivity index (χ3n) is 8.42. The topological polar surface area (TPSA) is 58.2 Å². The highest BCUT2D eigenvalue weighted by Gasteiger charge is 2.33. The van der Waals surface area contributed by atoms with Crippen LogP contribution in [0, 0.1) is 0 Å². The summed E-state index contributed by atoms with van der Waals surface area (Å²) < 4.78 is 32.6. The maximum Gasteiger partial charge on any atom is 0.241 e. The summed E-state index contributed by atoms with van der Waals surface area (Å²) in [5.41, 5.74) is 6.42. The first-order valence-corrected chi connectivity index (χ1v) is 17.4. The fourth-order valence-electron chi connectivity index (χ4n) is 5.94. The third kappa shape index (κ3) is 8.56. The van der Waals surface area contributed by atoms with Crippen molar-refractivity contribution in [1.29, 1.82) is 0 Å². The van der Waals surface area contributed by atoms with Crippen LogP contribution < -0.4 is 10.0 Å². The van der Waals surface area contributed by atoms with Gasteiger partial charge in [0.05, 0.1) is 17.0 Å². The van der Waals surface area contributed by atoms with Crippen LogP contribution in [0.2, 0.25) is 0 Å². The van der Waals surface area contributed by atoms with Gasteiger partial charge in [0.2, 0.25) is 10.0 Å². The van der Waals surface area contributed by atoms with Crippen LogP contribution in [0.15, 0.2) is 101 Å². The lowest BCUT2D eigenvalue weighted by Crippen LogP contribution is -2.39. The minimum absolute atomic E-state index is 0.0601. The molecule has 3 aromatic carbocycles. The number of hydrogen-bond acceptors (Lipinski definition) is 3. The molecule has 43 heavy (non-hydrogen) atoms. The zero-order valence-corrected chi connectivity index (χ0v) is 27.6. The molecular formula is C38H50N2O2S. The van der Waals surface area contributed by atoms with Crippen LogP contribution in [0.3, 0.4) is 0 Å². The second kappa shape index (κ2) is 15.1. The van der Waals surface area contributed by atoms with Crippen molar-refractivity contribution in [3.63, 3.8) is 0 Å². The van der Waals surface area contributed by atoms with E-state index in [2.05, 4.69) is 94.1 Å². The van der Waals surface area contributed by atoms with Gasteiger partial charge in [-0.2, -0.15) is 0 Å². The normalized spacial score (nSPS) is 15.2. The lowest BCUT2D eigenvalue weighted by atomic mass is 9.89. The molecule has 0 radical (unpaired) electrons. The largest absolute Gasteiger partial charge is 0.308 e. The summed E-state index contributed by atoms with van der Waals surface area (Å²) in [4.78, 5) is 0.437. The van der Waals surface area contributed by atoms with Gasteiger partial charge in [0, 0.05) is 0 Å². The molecule has 2 unspecified atom stereocenters. The standard InChI is InChI=1S/C38H50N2O2S/c1-27(2)33-25-34(28(3)4)38(35(26-33)29(5)6)43(41,42)40-37(32-22-14-9-15-23-32)36(31-20-12-8-13-21-31)39-24-16-19-30-17-10-7-11-18-30/h7-10,12-15,17,20-23,25-29,36-37,39-40H,11,16,18-19,24H2,1-6H3. The molecule has 2 N–H and O–H groups in total. The second-order valence-electron chi connectivity index (χ2n) is 12.7. The van der Waals surface area contributed by atoms with E-state index in [9.17, 15) is 8.42 Å². The zero-order valence-electron chi connectivity index (χ0n) is 26.8. The first-order valence-electron chi connectivity index (χ1n) is 16.0. The van der Waals surface area contributed by atoms with Crippen molar-refractivity contribution in [2.24, 2.45) is 0 Å². The number of rotatable bonds is 14. The Morgan fingerprint density at radius 1 is 0.721 bits per heavy atom. The van der Waals surface area contributed by atoms with Gasteiger partial charge in [-0.3, -0.25) is 0 Å². The summed E-state index contributed by atoms with van der Waals surface area (Å²) in [7, 11) is -3.91. The summed E-state index contributed by atoms with van der Waals surface area (Å²) in [6.07, 6.45) is 10.9. The molecule has 0 fully saturated rings. The van der Waals surface area contributed by atoms with Crippen LogP contribution in [-0.4, -0.2) is 15.0 Å². The molecule has 1 aliphatic carbocycles. The fraction of sp³-hybridized carbons (Fsp3) is 0.421. The van der Waals surface area contributed by atoms with Gasteiger partial charge >= 0.3 is 0 Å². The highest BCUT2D eigenvalue weighted by molar-refractivity contribution is 7.89. The Morgan fingerprint density at radius 3 is 1.77 bits per heavy atom. The molecule has 0 spiro atoms. The van der Waals surface area contributed by atoms with Crippen molar-refractivity contribution < 1.29 is 8.42 Å². The van der Waals surface area contributed by atoms with Crippen LogP contribution in [0.1, 0.15) is 125 Å². The molecule has 0 saturated carbocycles. The quantitative estimate of drug-likeness (QED) is 0.182. The number of hydrogen-bond donors (Lipinski definition) is 2. The minimum Gasteiger partial charge on any atom is -0.308 e. The Kier molecular flexibility index (Phi) is 11.6. The molecule has 0 saturated heterocycles. The first-order chi connectivity index (χ1) is 20.6. The fourth-order valence-corrected chi connectivity index (χ4v) is 7.87. The van der Waals surface area contributed by atoms with E-state index in [-0.39, 0.29) is 17.9 Å². The van der Waals surface area contributed by atoms with Gasteiger partial charge in [-0.15, -0.1) is 0 Å². The van der Waals surface area contributed by atoms with E-state index in [1.54, 1.807) is 0 Å². The molecule has 0 aliphatic heterocycles. The van der Waals surface area contributed by atoms with E-state index in [4.69, 9.17) is 0 Å². The van der Waals surface area contributed by atoms with Crippen molar-refractivity contribution in [2.45, 2.75) is 102 Å². The van der Waals surface area contributed by atoms with Crippen LogP contribution in [0.25, 0.3) is 0 Å². The summed E-state index contributed by atoms with van der Waals surface area (Å²) in [6.45, 7) is 13.5. The first kappa shape index (κ1) is 32.9. The molecule has 0 bridgehead atoms. The Bertz CT molecular complexity index is 1460. The second-order valence-corrected chi connectivity index (χ2v) is 14.4. The Balaban J connectivity index is 1.76. The van der Waals surface area contributed by atoms with Crippen molar-refractivity contribution >= 4 is 10.0 Å². The van der Waals surface area contributed by atoms with Gasteiger partial charge in [0.1, 0.15) is 0 Å². The van der Waals surface area contributed by atoms with Gasteiger partial charge in [-0.1, -0.05) is 138 Å². The summed E-state index contributed by atoms with van der Waals surface area (Å²) in [5.74, 6) is 0.429. The van der Waals surface area contributed by atoms with E-state index < -0.39 is 16.1 Å². The molecule has 2 atom stereocenters. The van der Waals surface area contributed by atoms with Gasteiger partial charge in [0.15, 0.2) is 0 Å².